The van der Waals surface area contributed by atoms with E-state index < -0.39 is 23.1 Å². The van der Waals surface area contributed by atoms with Gasteiger partial charge in [0.05, 0.1) is 18.2 Å². The topological polar surface area (TPSA) is 123 Å². The molecular formula is C26H19NO7. The molecule has 0 aliphatic rings. The summed E-state index contributed by atoms with van der Waals surface area (Å²) in [5.41, 5.74) is 1.43. The number of nitrogens with one attached hydrogen (secondary N) is 1. The molecule has 0 bridgehead atoms. The zero-order chi connectivity index (χ0) is 24.4. The first-order chi connectivity index (χ1) is 16.3. The lowest BCUT2D eigenvalue weighted by Gasteiger charge is -2.12. The summed E-state index contributed by atoms with van der Waals surface area (Å²) in [6.45, 7) is 1.45. The Balaban J connectivity index is 1.88. The Hall–Kier alpha value is -4.72. The number of hydrogen-bond acceptors (Lipinski definition) is 6. The Kier molecular flexibility index (Phi) is 5.97. The van der Waals surface area contributed by atoms with Crippen LogP contribution in [-0.4, -0.2) is 29.9 Å². The van der Waals surface area contributed by atoms with Gasteiger partial charge < -0.3 is 19.6 Å². The standard InChI is InChI=1S/C26H19NO7/c1-14(28)16-4-3-5-17(10-16)18-11-20-22(29)13-23(26(31)32)34-24(20)21(12-18)27-25(30)15-6-8-19(33-2)9-7-15/h3-13H,1-2H3,(H,27,30)(H,31,32). The van der Waals surface area contributed by atoms with Crippen molar-refractivity contribution in [1.29, 1.82) is 0 Å². The van der Waals surface area contributed by atoms with Crippen molar-refractivity contribution in [1.82, 2.24) is 0 Å². The molecule has 0 aliphatic heterocycles. The number of ether oxygens (including phenoxy) is 1. The summed E-state index contributed by atoms with van der Waals surface area (Å²) in [7, 11) is 1.51. The van der Waals surface area contributed by atoms with E-state index in [1.54, 1.807) is 54.6 Å². The molecular weight excluding hydrogens is 438 g/mol. The lowest BCUT2D eigenvalue weighted by atomic mass is 9.99. The van der Waals surface area contributed by atoms with Gasteiger partial charge >= 0.3 is 5.97 Å². The van der Waals surface area contributed by atoms with Gasteiger partial charge in [-0.3, -0.25) is 14.4 Å². The maximum Gasteiger partial charge on any atom is 0.371 e. The quantitative estimate of drug-likeness (QED) is 0.405. The molecule has 0 spiro atoms. The van der Waals surface area contributed by atoms with Crippen LogP contribution in [-0.2, 0) is 0 Å². The molecule has 0 atom stereocenters. The van der Waals surface area contributed by atoms with Crippen LogP contribution in [0.1, 0.15) is 38.2 Å². The molecule has 1 heterocycles. The van der Waals surface area contributed by atoms with Crippen LogP contribution in [0.5, 0.6) is 5.75 Å². The molecule has 0 saturated heterocycles. The van der Waals surface area contributed by atoms with Crippen molar-refractivity contribution >= 4 is 34.3 Å². The fourth-order valence-corrected chi connectivity index (χ4v) is 3.48. The van der Waals surface area contributed by atoms with E-state index in [9.17, 15) is 24.3 Å². The van der Waals surface area contributed by atoms with Crippen LogP contribution < -0.4 is 15.5 Å². The summed E-state index contributed by atoms with van der Waals surface area (Å²) in [6, 6.07) is 17.2. The largest absolute Gasteiger partial charge is 0.497 e. The van der Waals surface area contributed by atoms with Crippen LogP contribution >= 0.6 is 0 Å². The van der Waals surface area contributed by atoms with E-state index in [0.717, 1.165) is 6.07 Å². The third-order valence-corrected chi connectivity index (χ3v) is 5.24. The summed E-state index contributed by atoms with van der Waals surface area (Å²) in [6.07, 6.45) is 0. The number of hydrogen-bond donors (Lipinski definition) is 2. The second-order valence-corrected chi connectivity index (χ2v) is 7.50. The van der Waals surface area contributed by atoms with Gasteiger partial charge in [0, 0.05) is 17.2 Å². The van der Waals surface area contributed by atoms with Gasteiger partial charge in [0.2, 0.25) is 5.76 Å². The third-order valence-electron chi connectivity index (χ3n) is 5.24. The number of Topliss-reactive ketones (excluding diaryl/α,β-unsaturated/α-hetero) is 1. The highest BCUT2D eigenvalue weighted by Gasteiger charge is 2.18. The van der Waals surface area contributed by atoms with Crippen LogP contribution in [0.3, 0.4) is 0 Å². The predicted octanol–water partition coefficient (Wildman–Crippen LogP) is 4.62. The zero-order valence-electron chi connectivity index (χ0n) is 18.2. The fraction of sp³-hybridized carbons (Fsp3) is 0.0769. The maximum absolute atomic E-state index is 12.9. The second kappa shape index (κ2) is 9.03. The van der Waals surface area contributed by atoms with E-state index >= 15 is 0 Å². The highest BCUT2D eigenvalue weighted by atomic mass is 16.5. The number of carboxylic acid groups (broad SMARTS) is 1. The van der Waals surface area contributed by atoms with E-state index in [1.807, 2.05) is 0 Å². The minimum Gasteiger partial charge on any atom is -0.497 e. The molecule has 4 rings (SSSR count). The Bertz CT molecular complexity index is 1500. The van der Waals surface area contributed by atoms with Crippen LogP contribution in [0, 0.1) is 0 Å². The number of methoxy groups -OCH3 is 1. The molecule has 8 heteroatoms. The second-order valence-electron chi connectivity index (χ2n) is 7.50. The highest BCUT2D eigenvalue weighted by molar-refractivity contribution is 6.09. The van der Waals surface area contributed by atoms with Crippen LogP contribution in [0.25, 0.3) is 22.1 Å². The highest BCUT2D eigenvalue weighted by Crippen LogP contribution is 2.31. The molecule has 1 aromatic heterocycles. The van der Waals surface area contributed by atoms with Crippen molar-refractivity contribution in [2.75, 3.05) is 12.4 Å². The number of amides is 1. The molecule has 0 fully saturated rings. The predicted molar refractivity (Wildman–Crippen MR) is 126 cm³/mol. The summed E-state index contributed by atoms with van der Waals surface area (Å²) in [4.78, 5) is 48.9. The molecule has 2 N–H and O–H groups in total. The van der Waals surface area contributed by atoms with E-state index in [4.69, 9.17) is 9.15 Å². The molecule has 0 unspecified atom stereocenters. The summed E-state index contributed by atoms with van der Waals surface area (Å²) in [5, 5.41) is 12.1. The first-order valence-corrected chi connectivity index (χ1v) is 10.2. The van der Waals surface area contributed by atoms with E-state index in [0.29, 0.717) is 28.0 Å². The Labute approximate surface area is 193 Å². The van der Waals surface area contributed by atoms with Gasteiger partial charge in [-0.25, -0.2) is 4.79 Å². The SMILES string of the molecule is COc1ccc(C(=O)Nc2cc(-c3cccc(C(C)=O)c3)cc3c(=O)cc(C(=O)O)oc23)cc1. The molecule has 0 saturated carbocycles. The Morgan fingerprint density at radius 2 is 1.65 bits per heavy atom. The minimum absolute atomic E-state index is 0.0711. The molecule has 170 valence electrons. The number of ketones is 1. The summed E-state index contributed by atoms with van der Waals surface area (Å²) >= 11 is 0. The number of benzene rings is 3. The third kappa shape index (κ3) is 4.42. The number of fused-ring (bicyclic) bond motifs is 1. The number of aromatic carboxylic acids is 1. The smallest absolute Gasteiger partial charge is 0.371 e. The van der Waals surface area contributed by atoms with Crippen LogP contribution in [0.2, 0.25) is 0 Å². The molecule has 1 amide bonds. The van der Waals surface area contributed by atoms with Crippen LogP contribution in [0.15, 0.2) is 75.9 Å². The lowest BCUT2D eigenvalue weighted by Crippen LogP contribution is -2.14. The zero-order valence-corrected chi connectivity index (χ0v) is 18.2. The minimum atomic E-state index is -1.41. The van der Waals surface area contributed by atoms with Gasteiger partial charge in [0.1, 0.15) is 5.75 Å². The molecule has 4 aromatic rings. The first kappa shape index (κ1) is 22.5. The summed E-state index contributed by atoms with van der Waals surface area (Å²) in [5.74, 6) is -2.01. The van der Waals surface area contributed by atoms with Crippen molar-refractivity contribution in [2.45, 2.75) is 6.92 Å². The van der Waals surface area contributed by atoms with Gasteiger partial charge in [-0.1, -0.05) is 18.2 Å². The molecule has 0 aliphatic carbocycles. The number of rotatable bonds is 6. The van der Waals surface area contributed by atoms with Gasteiger partial charge in [-0.15, -0.1) is 0 Å². The number of carbonyl (C=O) groups is 3. The van der Waals surface area contributed by atoms with Crippen molar-refractivity contribution in [3.63, 3.8) is 0 Å². The number of anilines is 1. The molecule has 34 heavy (non-hydrogen) atoms. The van der Waals surface area contributed by atoms with E-state index in [-0.39, 0.29) is 22.4 Å². The Morgan fingerprint density at radius 3 is 2.29 bits per heavy atom. The van der Waals surface area contributed by atoms with Gasteiger partial charge in [0.25, 0.3) is 5.91 Å². The molecule has 3 aromatic carbocycles. The normalized spacial score (nSPS) is 10.6. The van der Waals surface area contributed by atoms with Gasteiger partial charge in [0.15, 0.2) is 16.8 Å². The average molecular weight is 457 g/mol. The first-order valence-electron chi connectivity index (χ1n) is 10.2. The number of carboxylic acids is 1. The van der Waals surface area contributed by atoms with Crippen molar-refractivity contribution < 1.29 is 28.6 Å². The van der Waals surface area contributed by atoms with Gasteiger partial charge in [-0.05, 0) is 60.5 Å². The summed E-state index contributed by atoms with van der Waals surface area (Å²) < 4.78 is 10.6. The van der Waals surface area contributed by atoms with Gasteiger partial charge in [-0.2, -0.15) is 0 Å². The lowest BCUT2D eigenvalue weighted by molar-refractivity contribution is 0.0662. The van der Waals surface area contributed by atoms with Crippen molar-refractivity contribution in [3.05, 3.63) is 93.8 Å². The molecule has 0 radical (unpaired) electrons. The van der Waals surface area contributed by atoms with Crippen LogP contribution in [0.4, 0.5) is 5.69 Å². The Morgan fingerprint density at radius 1 is 0.912 bits per heavy atom. The fourth-order valence-electron chi connectivity index (χ4n) is 3.48. The van der Waals surface area contributed by atoms with E-state index in [1.165, 1.54) is 20.1 Å². The van der Waals surface area contributed by atoms with Crippen molar-refractivity contribution in [2.24, 2.45) is 0 Å². The monoisotopic (exact) mass is 457 g/mol. The van der Waals surface area contributed by atoms with E-state index in [2.05, 4.69) is 5.32 Å². The average Bonchev–Trinajstić information content (AvgIpc) is 2.84. The number of carbonyl (C=O) groups excluding carboxylic acids is 2. The maximum atomic E-state index is 12.9. The molecule has 8 nitrogen and oxygen atoms in total. The van der Waals surface area contributed by atoms with Crippen molar-refractivity contribution in [3.8, 4) is 16.9 Å².